The van der Waals surface area contributed by atoms with Crippen LogP contribution in [0, 0.1) is 6.92 Å². The lowest BCUT2D eigenvalue weighted by molar-refractivity contribution is 0.0951. The SMILES string of the molecule is Cc1nc(Oc2ccc(C(=O)NC3CC3)cc2)ccc1CN1CCC(N2C(=S)OCC2c2ccccc2)CC1. The van der Waals surface area contributed by atoms with Crippen LogP contribution in [0.25, 0.3) is 0 Å². The molecule has 2 saturated heterocycles. The van der Waals surface area contributed by atoms with Crippen molar-refractivity contribution in [3.63, 3.8) is 0 Å². The summed E-state index contributed by atoms with van der Waals surface area (Å²) in [5.41, 5.74) is 4.08. The van der Waals surface area contributed by atoms with Crippen LogP contribution in [0.15, 0.2) is 66.7 Å². The van der Waals surface area contributed by atoms with Crippen LogP contribution in [0.2, 0.25) is 0 Å². The van der Waals surface area contributed by atoms with Gasteiger partial charge in [-0.2, -0.15) is 0 Å². The summed E-state index contributed by atoms with van der Waals surface area (Å²) in [4.78, 5) is 21.7. The van der Waals surface area contributed by atoms with E-state index < -0.39 is 0 Å². The lowest BCUT2D eigenvalue weighted by Crippen LogP contribution is -2.45. The van der Waals surface area contributed by atoms with E-state index in [-0.39, 0.29) is 11.9 Å². The average Bonchev–Trinajstić information content (AvgIpc) is 3.69. The molecule has 3 aromatic rings. The molecule has 3 heterocycles. The number of pyridine rings is 1. The summed E-state index contributed by atoms with van der Waals surface area (Å²) in [7, 11) is 0. The van der Waals surface area contributed by atoms with E-state index in [4.69, 9.17) is 26.7 Å². The van der Waals surface area contributed by atoms with Gasteiger partial charge in [-0.1, -0.05) is 36.4 Å². The average molecular weight is 543 g/mol. The Kier molecular flexibility index (Phi) is 7.48. The predicted molar refractivity (Wildman–Crippen MR) is 154 cm³/mol. The molecule has 2 aliphatic heterocycles. The molecule has 1 aromatic heterocycles. The number of ether oxygens (including phenoxy) is 2. The van der Waals surface area contributed by atoms with E-state index >= 15 is 0 Å². The summed E-state index contributed by atoms with van der Waals surface area (Å²) in [6.07, 6.45) is 4.25. The molecule has 3 aliphatic rings. The molecule has 202 valence electrons. The molecule has 1 amide bonds. The molecule has 0 radical (unpaired) electrons. The number of aryl methyl sites for hydroxylation is 1. The Morgan fingerprint density at radius 3 is 2.46 bits per heavy atom. The number of thiocarbonyl (C=S) groups is 1. The van der Waals surface area contributed by atoms with Crippen LogP contribution in [-0.2, 0) is 11.3 Å². The zero-order valence-electron chi connectivity index (χ0n) is 22.2. The number of rotatable bonds is 8. The maximum atomic E-state index is 12.2. The van der Waals surface area contributed by atoms with Gasteiger partial charge >= 0.3 is 0 Å². The van der Waals surface area contributed by atoms with Gasteiger partial charge in [0, 0.05) is 49.0 Å². The van der Waals surface area contributed by atoms with Gasteiger partial charge in [-0.3, -0.25) is 9.69 Å². The second-order valence-corrected chi connectivity index (χ2v) is 11.0. The Labute approximate surface area is 235 Å². The summed E-state index contributed by atoms with van der Waals surface area (Å²) in [5, 5.41) is 3.64. The van der Waals surface area contributed by atoms with Crippen molar-refractivity contribution in [2.24, 2.45) is 0 Å². The molecule has 2 aromatic carbocycles. The second kappa shape index (κ2) is 11.3. The zero-order chi connectivity index (χ0) is 26.8. The third-order valence-electron chi connectivity index (χ3n) is 7.86. The van der Waals surface area contributed by atoms with Crippen molar-refractivity contribution >= 4 is 23.3 Å². The molecule has 0 spiro atoms. The second-order valence-electron chi connectivity index (χ2n) is 10.7. The van der Waals surface area contributed by atoms with Crippen LogP contribution >= 0.6 is 12.2 Å². The standard InChI is InChI=1S/C31H34N4O3S/c1-21-24(9-14-29(32-21)38-27-12-7-23(8-13-27)30(36)33-25-10-11-25)19-34-17-15-26(16-18-34)35-28(20-37-31(35)39)22-5-3-2-4-6-22/h2-9,12-14,25-26,28H,10-11,15-20H2,1H3,(H,33,36). The van der Waals surface area contributed by atoms with Crippen molar-refractivity contribution < 1.29 is 14.3 Å². The molecular formula is C31H34N4O3S. The van der Waals surface area contributed by atoms with Gasteiger partial charge in [0.1, 0.15) is 12.4 Å². The molecular weight excluding hydrogens is 508 g/mol. The van der Waals surface area contributed by atoms with Gasteiger partial charge in [0.2, 0.25) is 5.88 Å². The number of likely N-dealkylation sites (tertiary alicyclic amines) is 1. The monoisotopic (exact) mass is 542 g/mol. The largest absolute Gasteiger partial charge is 0.468 e. The third kappa shape index (κ3) is 6.07. The first-order chi connectivity index (χ1) is 19.0. The number of hydrogen-bond acceptors (Lipinski definition) is 6. The fourth-order valence-electron chi connectivity index (χ4n) is 5.45. The van der Waals surface area contributed by atoms with Crippen LogP contribution in [0.3, 0.4) is 0 Å². The van der Waals surface area contributed by atoms with Gasteiger partial charge < -0.3 is 19.7 Å². The maximum Gasteiger partial charge on any atom is 0.260 e. The third-order valence-corrected chi connectivity index (χ3v) is 8.19. The summed E-state index contributed by atoms with van der Waals surface area (Å²) in [5.74, 6) is 1.19. The van der Waals surface area contributed by atoms with Crippen LogP contribution in [0.5, 0.6) is 11.6 Å². The van der Waals surface area contributed by atoms with Crippen molar-refractivity contribution in [3.05, 3.63) is 89.1 Å². The molecule has 39 heavy (non-hydrogen) atoms. The number of hydrogen-bond donors (Lipinski definition) is 1. The number of benzene rings is 2. The zero-order valence-corrected chi connectivity index (χ0v) is 23.0. The van der Waals surface area contributed by atoms with E-state index in [9.17, 15) is 4.79 Å². The van der Waals surface area contributed by atoms with Crippen molar-refractivity contribution in [1.82, 2.24) is 20.1 Å². The van der Waals surface area contributed by atoms with E-state index in [1.54, 1.807) is 12.1 Å². The Bertz CT molecular complexity index is 1320. The summed E-state index contributed by atoms with van der Waals surface area (Å²) < 4.78 is 11.8. The number of nitrogens with one attached hydrogen (secondary N) is 1. The van der Waals surface area contributed by atoms with Gasteiger partial charge in [-0.05, 0) is 80.2 Å². The Morgan fingerprint density at radius 1 is 1.03 bits per heavy atom. The number of amides is 1. The fraction of sp³-hybridized carbons (Fsp3) is 0.387. The van der Waals surface area contributed by atoms with Crippen LogP contribution in [-0.4, -0.2) is 57.6 Å². The van der Waals surface area contributed by atoms with E-state index in [0.29, 0.717) is 41.1 Å². The number of carbonyl (C=O) groups excluding carboxylic acids is 1. The van der Waals surface area contributed by atoms with Gasteiger partial charge in [0.05, 0.1) is 6.04 Å². The van der Waals surface area contributed by atoms with Gasteiger partial charge in [-0.25, -0.2) is 4.98 Å². The number of carbonyl (C=O) groups is 1. The Balaban J connectivity index is 1.02. The Morgan fingerprint density at radius 2 is 1.77 bits per heavy atom. The maximum absolute atomic E-state index is 12.2. The minimum absolute atomic E-state index is 0.0288. The lowest BCUT2D eigenvalue weighted by Gasteiger charge is -2.39. The van der Waals surface area contributed by atoms with E-state index in [1.165, 1.54) is 11.1 Å². The molecule has 8 heteroatoms. The number of nitrogens with zero attached hydrogens (tertiary/aromatic N) is 3. The topological polar surface area (TPSA) is 66.9 Å². The molecule has 6 rings (SSSR count). The highest BCUT2D eigenvalue weighted by Crippen LogP contribution is 2.33. The molecule has 7 nitrogen and oxygen atoms in total. The lowest BCUT2D eigenvalue weighted by atomic mass is 9.99. The van der Waals surface area contributed by atoms with Crippen LogP contribution in [0.4, 0.5) is 0 Å². The van der Waals surface area contributed by atoms with Gasteiger partial charge in [0.25, 0.3) is 11.1 Å². The van der Waals surface area contributed by atoms with E-state index in [1.807, 2.05) is 31.2 Å². The first-order valence-corrected chi connectivity index (χ1v) is 14.2. The van der Waals surface area contributed by atoms with Crippen molar-refractivity contribution in [3.8, 4) is 11.6 Å². The predicted octanol–water partition coefficient (Wildman–Crippen LogP) is 5.40. The van der Waals surface area contributed by atoms with E-state index in [0.717, 1.165) is 51.0 Å². The normalized spacial score (nSPS) is 20.1. The fourth-order valence-corrected chi connectivity index (χ4v) is 5.79. The molecule has 3 fully saturated rings. The van der Waals surface area contributed by atoms with Gasteiger partial charge in [-0.15, -0.1) is 0 Å². The van der Waals surface area contributed by atoms with Crippen molar-refractivity contribution in [1.29, 1.82) is 0 Å². The molecule has 0 bridgehead atoms. The Hall–Kier alpha value is -3.49. The smallest absolute Gasteiger partial charge is 0.260 e. The van der Waals surface area contributed by atoms with Crippen LogP contribution < -0.4 is 10.1 Å². The molecule has 1 saturated carbocycles. The number of piperidine rings is 1. The summed E-state index contributed by atoms with van der Waals surface area (Å²) >= 11 is 5.60. The minimum Gasteiger partial charge on any atom is -0.468 e. The molecule has 1 atom stereocenters. The van der Waals surface area contributed by atoms with Crippen molar-refractivity contribution in [2.45, 2.75) is 57.3 Å². The number of aromatic nitrogens is 1. The van der Waals surface area contributed by atoms with Crippen LogP contribution in [0.1, 0.15) is 58.9 Å². The molecule has 1 aliphatic carbocycles. The van der Waals surface area contributed by atoms with E-state index in [2.05, 4.69) is 45.4 Å². The quantitative estimate of drug-likeness (QED) is 0.383. The molecule has 1 N–H and O–H groups in total. The van der Waals surface area contributed by atoms with Gasteiger partial charge in [0.15, 0.2) is 0 Å². The first kappa shape index (κ1) is 25.8. The first-order valence-electron chi connectivity index (χ1n) is 13.8. The van der Waals surface area contributed by atoms with Crippen molar-refractivity contribution in [2.75, 3.05) is 19.7 Å². The highest BCUT2D eigenvalue weighted by molar-refractivity contribution is 7.80. The highest BCUT2D eigenvalue weighted by atomic mass is 32.1. The summed E-state index contributed by atoms with van der Waals surface area (Å²) in [6, 6.07) is 22.7. The highest BCUT2D eigenvalue weighted by Gasteiger charge is 2.37. The summed E-state index contributed by atoms with van der Waals surface area (Å²) in [6.45, 7) is 5.53. The minimum atomic E-state index is -0.0288. The molecule has 1 unspecified atom stereocenters.